The van der Waals surface area contributed by atoms with Crippen LogP contribution in [0, 0.1) is 5.82 Å². The van der Waals surface area contributed by atoms with Crippen LogP contribution < -0.4 is 0 Å². The molecular formula is C19H23F. The van der Waals surface area contributed by atoms with Crippen molar-refractivity contribution in [1.82, 2.24) is 0 Å². The van der Waals surface area contributed by atoms with Gasteiger partial charge in [-0.05, 0) is 34.7 Å². The molecule has 0 spiro atoms. The van der Waals surface area contributed by atoms with Crippen molar-refractivity contribution in [2.45, 2.75) is 33.6 Å². The van der Waals surface area contributed by atoms with E-state index in [0.717, 1.165) is 11.1 Å². The lowest BCUT2D eigenvalue weighted by Gasteiger charge is -2.04. The van der Waals surface area contributed by atoms with E-state index in [-0.39, 0.29) is 5.82 Å². The molecule has 2 aromatic carbocycles. The van der Waals surface area contributed by atoms with Crippen molar-refractivity contribution in [1.29, 1.82) is 0 Å². The van der Waals surface area contributed by atoms with Gasteiger partial charge in [0.1, 0.15) is 5.82 Å². The standard InChI is InChI=1S/C17H17F.C2H6/c1-13(2)16-9-5-14(6-10-16)3-4-15-7-11-17(18)12-8-15;1-2/h3-13H,1-2H3;1-2H3/b4-3+;. The highest BCUT2D eigenvalue weighted by molar-refractivity contribution is 5.69. The maximum absolute atomic E-state index is 12.7. The van der Waals surface area contributed by atoms with Crippen LogP contribution in [-0.4, -0.2) is 0 Å². The third kappa shape index (κ3) is 5.00. The van der Waals surface area contributed by atoms with Crippen molar-refractivity contribution in [2.24, 2.45) is 0 Å². The maximum Gasteiger partial charge on any atom is 0.123 e. The number of halogens is 1. The molecule has 0 aliphatic heterocycles. The van der Waals surface area contributed by atoms with E-state index in [1.807, 2.05) is 26.0 Å². The zero-order valence-corrected chi connectivity index (χ0v) is 12.7. The van der Waals surface area contributed by atoms with Crippen LogP contribution in [0.3, 0.4) is 0 Å². The van der Waals surface area contributed by atoms with Gasteiger partial charge in [-0.3, -0.25) is 0 Å². The molecule has 0 aliphatic rings. The highest BCUT2D eigenvalue weighted by atomic mass is 19.1. The molecule has 2 rings (SSSR count). The molecule has 0 radical (unpaired) electrons. The Kier molecular flexibility index (Phi) is 6.72. The van der Waals surface area contributed by atoms with E-state index in [1.54, 1.807) is 12.1 Å². The summed E-state index contributed by atoms with van der Waals surface area (Å²) in [4.78, 5) is 0. The van der Waals surface area contributed by atoms with E-state index >= 15 is 0 Å². The molecular weight excluding hydrogens is 247 g/mol. The van der Waals surface area contributed by atoms with Gasteiger partial charge in [-0.15, -0.1) is 0 Å². The van der Waals surface area contributed by atoms with Crippen LogP contribution in [-0.2, 0) is 0 Å². The molecule has 1 heteroatoms. The Balaban J connectivity index is 0.000000956. The van der Waals surface area contributed by atoms with Gasteiger partial charge < -0.3 is 0 Å². The summed E-state index contributed by atoms with van der Waals surface area (Å²) in [5.74, 6) is 0.355. The minimum atomic E-state index is -0.201. The van der Waals surface area contributed by atoms with Gasteiger partial charge in [-0.25, -0.2) is 4.39 Å². The second-order valence-electron chi connectivity index (χ2n) is 4.71. The summed E-state index contributed by atoms with van der Waals surface area (Å²) < 4.78 is 12.7. The molecule has 0 atom stereocenters. The van der Waals surface area contributed by atoms with Crippen LogP contribution in [0.2, 0.25) is 0 Å². The second kappa shape index (κ2) is 8.31. The Morgan fingerprint density at radius 2 is 1.15 bits per heavy atom. The number of benzene rings is 2. The van der Waals surface area contributed by atoms with Gasteiger partial charge in [0.2, 0.25) is 0 Å². The van der Waals surface area contributed by atoms with E-state index < -0.39 is 0 Å². The fourth-order valence-electron chi connectivity index (χ4n) is 1.76. The van der Waals surface area contributed by atoms with Crippen LogP contribution in [0.25, 0.3) is 12.2 Å². The van der Waals surface area contributed by atoms with Crippen LogP contribution >= 0.6 is 0 Å². The lowest BCUT2D eigenvalue weighted by Crippen LogP contribution is -1.85. The summed E-state index contributed by atoms with van der Waals surface area (Å²) in [7, 11) is 0. The summed E-state index contributed by atoms with van der Waals surface area (Å²) in [6.45, 7) is 8.37. The zero-order chi connectivity index (χ0) is 15.0. The Hall–Kier alpha value is -1.89. The predicted octanol–water partition coefficient (Wildman–Crippen LogP) is 6.15. The van der Waals surface area contributed by atoms with Crippen LogP contribution in [0.1, 0.15) is 50.3 Å². The Morgan fingerprint density at radius 1 is 0.750 bits per heavy atom. The normalized spacial score (nSPS) is 10.5. The fourth-order valence-corrected chi connectivity index (χ4v) is 1.76. The van der Waals surface area contributed by atoms with Gasteiger partial charge in [0.25, 0.3) is 0 Å². The Labute approximate surface area is 122 Å². The van der Waals surface area contributed by atoms with Crippen molar-refractivity contribution in [2.75, 3.05) is 0 Å². The van der Waals surface area contributed by atoms with Crippen LogP contribution in [0.5, 0.6) is 0 Å². The second-order valence-corrected chi connectivity index (χ2v) is 4.71. The minimum Gasteiger partial charge on any atom is -0.207 e. The molecule has 0 amide bonds. The van der Waals surface area contributed by atoms with Gasteiger partial charge in [-0.1, -0.05) is 76.2 Å². The Bertz CT molecular complexity index is 519. The quantitative estimate of drug-likeness (QED) is 0.587. The predicted molar refractivity (Wildman–Crippen MR) is 87.2 cm³/mol. The summed E-state index contributed by atoms with van der Waals surface area (Å²) in [5, 5.41) is 0. The number of rotatable bonds is 3. The molecule has 0 unspecified atom stereocenters. The summed E-state index contributed by atoms with van der Waals surface area (Å²) in [6, 6.07) is 15.0. The molecule has 0 saturated heterocycles. The van der Waals surface area contributed by atoms with Gasteiger partial charge in [0.15, 0.2) is 0 Å². The maximum atomic E-state index is 12.7. The fraction of sp³-hybridized carbons (Fsp3) is 0.263. The average Bonchev–Trinajstić information content (AvgIpc) is 2.49. The molecule has 2 aromatic rings. The SMILES string of the molecule is CC.CC(C)c1ccc(/C=C/c2ccc(F)cc2)cc1. The van der Waals surface area contributed by atoms with Crippen molar-refractivity contribution in [3.05, 3.63) is 71.0 Å². The number of hydrogen-bond acceptors (Lipinski definition) is 0. The Morgan fingerprint density at radius 3 is 1.55 bits per heavy atom. The van der Waals surface area contributed by atoms with Gasteiger partial charge >= 0.3 is 0 Å². The van der Waals surface area contributed by atoms with E-state index in [4.69, 9.17) is 0 Å². The van der Waals surface area contributed by atoms with Gasteiger partial charge in [-0.2, -0.15) is 0 Å². The lowest BCUT2D eigenvalue weighted by molar-refractivity contribution is 0.628. The van der Waals surface area contributed by atoms with Crippen molar-refractivity contribution in [3.63, 3.8) is 0 Å². The average molecular weight is 270 g/mol. The molecule has 106 valence electrons. The molecule has 0 N–H and O–H groups in total. The monoisotopic (exact) mass is 270 g/mol. The molecule has 0 nitrogen and oxygen atoms in total. The van der Waals surface area contributed by atoms with Crippen molar-refractivity contribution in [3.8, 4) is 0 Å². The third-order valence-electron chi connectivity index (χ3n) is 2.94. The van der Waals surface area contributed by atoms with E-state index in [0.29, 0.717) is 5.92 Å². The highest BCUT2D eigenvalue weighted by Crippen LogP contribution is 2.16. The van der Waals surface area contributed by atoms with Gasteiger partial charge in [0.05, 0.1) is 0 Å². The first kappa shape index (κ1) is 16.2. The smallest absolute Gasteiger partial charge is 0.123 e. The first-order valence-electron chi connectivity index (χ1n) is 7.19. The van der Waals surface area contributed by atoms with Crippen LogP contribution in [0.4, 0.5) is 4.39 Å². The summed E-state index contributed by atoms with van der Waals surface area (Å²) >= 11 is 0. The molecule has 0 saturated carbocycles. The van der Waals surface area contributed by atoms with Gasteiger partial charge in [0, 0.05) is 0 Å². The van der Waals surface area contributed by atoms with Crippen LogP contribution in [0.15, 0.2) is 48.5 Å². The molecule has 0 aliphatic carbocycles. The molecule has 0 heterocycles. The molecule has 0 fully saturated rings. The zero-order valence-electron chi connectivity index (χ0n) is 12.7. The summed E-state index contributed by atoms with van der Waals surface area (Å²) in [6.07, 6.45) is 4.03. The topological polar surface area (TPSA) is 0 Å². The van der Waals surface area contributed by atoms with E-state index in [1.165, 1.54) is 17.7 Å². The highest BCUT2D eigenvalue weighted by Gasteiger charge is 1.97. The third-order valence-corrected chi connectivity index (χ3v) is 2.94. The van der Waals surface area contributed by atoms with E-state index in [2.05, 4.69) is 38.1 Å². The largest absolute Gasteiger partial charge is 0.207 e. The van der Waals surface area contributed by atoms with Crippen molar-refractivity contribution < 1.29 is 4.39 Å². The molecule has 20 heavy (non-hydrogen) atoms. The molecule has 0 aromatic heterocycles. The van der Waals surface area contributed by atoms with Crippen molar-refractivity contribution >= 4 is 12.2 Å². The lowest BCUT2D eigenvalue weighted by atomic mass is 10.0. The molecule has 0 bridgehead atoms. The van der Waals surface area contributed by atoms with E-state index in [9.17, 15) is 4.39 Å². The summed E-state index contributed by atoms with van der Waals surface area (Å²) in [5.41, 5.74) is 3.50. The first-order valence-corrected chi connectivity index (χ1v) is 7.19. The first-order chi connectivity index (χ1) is 9.65. The minimum absolute atomic E-state index is 0.201. The number of hydrogen-bond donors (Lipinski definition) is 0.